The fourth-order valence-electron chi connectivity index (χ4n) is 15.4. The maximum atomic E-state index is 14.5. The summed E-state index contributed by atoms with van der Waals surface area (Å²) in [5.74, 6) is -10.4. The molecule has 0 unspecified atom stereocenters. The molecule has 6 heterocycles. The number of hydrogen-bond acceptors (Lipinski definition) is 26. The molecule has 6 aromatic carbocycles. The number of nitrogens with one attached hydrogen (secondary N) is 11. The van der Waals surface area contributed by atoms with Crippen LogP contribution in [0.1, 0.15) is 147 Å². The fourth-order valence-corrected chi connectivity index (χ4v) is 15.4. The number of amides is 12. The molecule has 0 saturated carbocycles. The number of unbranched alkanes of at least 4 members (excludes halogenated alkanes) is 2. The highest BCUT2D eigenvalue weighted by Gasteiger charge is 2.36. The summed E-state index contributed by atoms with van der Waals surface area (Å²) < 4.78 is 18.4. The van der Waals surface area contributed by atoms with Crippen LogP contribution in [0.4, 0.5) is 46.3 Å². The van der Waals surface area contributed by atoms with Gasteiger partial charge < -0.3 is 115 Å². The zero-order valence-corrected chi connectivity index (χ0v) is 70.0. The lowest BCUT2D eigenvalue weighted by Gasteiger charge is -2.34. The number of primary amides is 2. The number of phenols is 1. The van der Waals surface area contributed by atoms with Gasteiger partial charge in [-0.05, 0) is 186 Å². The summed E-state index contributed by atoms with van der Waals surface area (Å²) in [5.41, 5.74) is 25.0. The molecule has 12 amide bonds. The van der Waals surface area contributed by atoms with Crippen molar-refractivity contribution in [2.75, 3.05) is 95.3 Å². The molecule has 13 rings (SSSR count). The number of hydrogen-bond donors (Lipinski definition) is 17. The Bertz CT molecular complexity index is 5850. The van der Waals surface area contributed by atoms with Gasteiger partial charge in [0.15, 0.2) is 5.43 Å². The first-order valence-electron chi connectivity index (χ1n) is 41.9. The Hall–Kier alpha value is -15.2. The zero-order valence-electron chi connectivity index (χ0n) is 70.0. The number of ether oxygens (including phenoxy) is 2. The van der Waals surface area contributed by atoms with Crippen molar-refractivity contribution in [2.45, 2.75) is 116 Å². The van der Waals surface area contributed by atoms with E-state index < -0.39 is 132 Å². The highest BCUT2D eigenvalue weighted by Crippen LogP contribution is 2.43. The highest BCUT2D eigenvalue weighted by atomic mass is 16.5. The van der Waals surface area contributed by atoms with Gasteiger partial charge in [-0.2, -0.15) is 15.0 Å². The van der Waals surface area contributed by atoms with Crippen LogP contribution >= 0.6 is 0 Å². The molecule has 0 spiro atoms. The molecule has 668 valence electrons. The first kappa shape index (κ1) is 90.6. The van der Waals surface area contributed by atoms with E-state index in [1.54, 1.807) is 25.1 Å². The van der Waals surface area contributed by atoms with E-state index >= 15 is 0 Å². The lowest BCUT2D eigenvalue weighted by atomic mass is 9.90. The number of carbonyl (C=O) groups is 13. The zero-order chi connectivity index (χ0) is 91.0. The SMILES string of the molecule is CC[C@H](C)[C@@H]1NC(=O)c2cc(NC(=O)CNC(=O)C3CCN(c4nc(Nc5ccc(-c6c7ccc(=O)cc-7oc7cc(O)ccc67)c(C(=O)O)c5)nc(N5CCC(C(=O)NCC(=O)Nc6ccc7c(c6)C(=O)NCC(=O)N[C@@H](CCCCN)C(=O)Nc6cc(C(N)=O)ccc6CO7)CC5)n4)CC3)ccc2OCc2ccc(C(N)=O)cc2NC(=O)[C@H](CCCCN)NC1=O. The van der Waals surface area contributed by atoms with E-state index in [4.69, 9.17) is 51.8 Å². The smallest absolute Gasteiger partial charge is 0.336 e. The summed E-state index contributed by atoms with van der Waals surface area (Å²) in [4.78, 5) is 208. The minimum Gasteiger partial charge on any atom is -0.508 e. The van der Waals surface area contributed by atoms with Gasteiger partial charge in [0.25, 0.3) is 11.8 Å². The lowest BCUT2D eigenvalue weighted by molar-refractivity contribution is -0.128. The molecule has 5 aliphatic heterocycles. The van der Waals surface area contributed by atoms with Crippen molar-refractivity contribution in [3.63, 3.8) is 0 Å². The van der Waals surface area contributed by atoms with Crippen LogP contribution in [-0.2, 0) is 51.6 Å². The number of carboxylic acid groups (broad SMARTS) is 1. The van der Waals surface area contributed by atoms with Crippen molar-refractivity contribution in [3.05, 3.63) is 177 Å². The van der Waals surface area contributed by atoms with Crippen molar-refractivity contribution in [3.8, 4) is 39.7 Å². The van der Waals surface area contributed by atoms with Crippen molar-refractivity contribution in [1.82, 2.24) is 46.9 Å². The van der Waals surface area contributed by atoms with E-state index in [0.717, 1.165) is 0 Å². The van der Waals surface area contributed by atoms with Crippen molar-refractivity contribution in [1.29, 1.82) is 0 Å². The van der Waals surface area contributed by atoms with E-state index in [9.17, 15) is 77.3 Å². The number of carboxylic acids is 1. The molecular weight excluding hydrogens is 1650 g/mol. The Morgan fingerprint density at radius 3 is 1.60 bits per heavy atom. The molecular formula is C89H98N20O19. The van der Waals surface area contributed by atoms with E-state index in [0.29, 0.717) is 72.8 Å². The molecule has 1 aromatic heterocycles. The number of rotatable bonds is 26. The Balaban J connectivity index is 0.687. The van der Waals surface area contributed by atoms with Crippen molar-refractivity contribution in [2.24, 2.45) is 40.7 Å². The molecule has 0 radical (unpaired) electrons. The van der Waals surface area contributed by atoms with Gasteiger partial charge in [-0.25, -0.2) is 4.79 Å². The summed E-state index contributed by atoms with van der Waals surface area (Å²) in [7, 11) is 0. The van der Waals surface area contributed by atoms with Crippen LogP contribution in [0.3, 0.4) is 0 Å². The molecule has 4 atom stereocenters. The van der Waals surface area contributed by atoms with Crippen LogP contribution in [-0.4, -0.2) is 179 Å². The number of benzene rings is 7. The predicted molar refractivity (Wildman–Crippen MR) is 471 cm³/mol. The Labute approximate surface area is 732 Å². The number of aromatic carboxylic acids is 1. The summed E-state index contributed by atoms with van der Waals surface area (Å²) in [6.07, 6.45) is 3.91. The second kappa shape index (κ2) is 41.1. The molecule has 2 saturated heterocycles. The molecule has 0 bridgehead atoms. The van der Waals surface area contributed by atoms with E-state index in [1.807, 2.05) is 16.7 Å². The molecule has 7 aromatic rings. The van der Waals surface area contributed by atoms with E-state index in [2.05, 4.69) is 58.5 Å². The second-order valence-electron chi connectivity index (χ2n) is 31.5. The van der Waals surface area contributed by atoms with Crippen LogP contribution in [0, 0.1) is 17.8 Å². The van der Waals surface area contributed by atoms with Gasteiger partial charge in [-0.1, -0.05) is 38.5 Å². The third kappa shape index (κ3) is 22.3. The summed E-state index contributed by atoms with van der Waals surface area (Å²) >= 11 is 0. The Kier molecular flexibility index (Phi) is 29.1. The minimum atomic E-state index is -1.32. The minimum absolute atomic E-state index is 0.0203. The van der Waals surface area contributed by atoms with Crippen LogP contribution in [0.2, 0.25) is 0 Å². The van der Waals surface area contributed by atoms with Crippen LogP contribution < -0.4 is 106 Å². The molecule has 39 heteroatoms. The second-order valence-corrected chi connectivity index (χ2v) is 31.5. The fraction of sp³-hybridized carbons (Fsp3) is 0.337. The van der Waals surface area contributed by atoms with Crippen molar-refractivity contribution < 1.29 is 86.4 Å². The number of phenolic OH excluding ortho intramolecular Hbond substituents is 1. The molecule has 39 nitrogen and oxygen atoms in total. The largest absolute Gasteiger partial charge is 0.508 e. The van der Waals surface area contributed by atoms with Gasteiger partial charge in [0.05, 0.1) is 36.3 Å². The molecule has 1 aliphatic carbocycles. The van der Waals surface area contributed by atoms with Gasteiger partial charge in [-0.15, -0.1) is 0 Å². The first-order valence-corrected chi connectivity index (χ1v) is 41.9. The molecule has 128 heavy (non-hydrogen) atoms. The Morgan fingerprint density at radius 2 is 1.08 bits per heavy atom. The number of aromatic nitrogens is 3. The summed E-state index contributed by atoms with van der Waals surface area (Å²) in [5, 5.41) is 52.3. The van der Waals surface area contributed by atoms with E-state index in [1.165, 1.54) is 109 Å². The first-order chi connectivity index (χ1) is 61.6. The number of carbonyl (C=O) groups excluding carboxylic acids is 12. The van der Waals surface area contributed by atoms with Gasteiger partial charge in [0, 0.05) is 117 Å². The van der Waals surface area contributed by atoms with Gasteiger partial charge in [0.2, 0.25) is 76.9 Å². The third-order valence-corrected chi connectivity index (χ3v) is 22.7. The summed E-state index contributed by atoms with van der Waals surface area (Å²) in [6, 6.07) is 27.0. The Morgan fingerprint density at radius 1 is 0.555 bits per heavy atom. The third-order valence-electron chi connectivity index (χ3n) is 22.7. The predicted octanol–water partition coefficient (Wildman–Crippen LogP) is 5.20. The average Bonchev–Trinajstić information content (AvgIpc) is 0.744. The number of piperidine rings is 2. The number of fused-ring (bicyclic) bond motifs is 6. The molecule has 2 fully saturated rings. The van der Waals surface area contributed by atoms with E-state index in [-0.39, 0.29) is 192 Å². The normalized spacial score (nSPS) is 16.9. The monoisotopic (exact) mass is 1750 g/mol. The van der Waals surface area contributed by atoms with Crippen LogP contribution in [0.15, 0.2) is 137 Å². The lowest BCUT2D eigenvalue weighted by Crippen LogP contribution is -2.55. The standard InChI is InChI=1S/C89H98N20O19/c1-3-46(2)76-85(123)101-65(9-5-7-29-91)84(122)103-67-35-50(78(93)116)11-13-52(67)45-127-69-23-16-54(38-63(69)82(120)104-76)98-73(113)42-95-80(118)48-26-32-109(33-27-48)89-106-87(99-55-14-19-58(61(36-55)86(124)125)75-59-20-17-56(110)39-70(59)128-71-40-57(111)18-21-60(71)75)105-88(107-89)108-30-24-47(25-31-108)79(117)94-41-72(112)97-53-15-22-68-62(37-53)81(119)96-43-74(114)100-64(8-4-6-28-90)83(121)102-66-34-49(77(92)115)10-12-51(66)44-126-68/h10-23,34-40,46-48,64-65,76,110H,3-9,24-33,41-45,90-91H2,1-2H3,(H2,92,115)(H2,93,116)(H,94,117)(H,95,118)(H,96,119)(H,97,112)(H,98,113)(H,100,114)(H,101,123)(H,102,121)(H,103,122)(H,104,120)(H,124,125)(H,99,105,106,107)/t46-,64-,65-,76-/m0/s1. The van der Waals surface area contributed by atoms with Crippen LogP contribution in [0.5, 0.6) is 17.2 Å². The number of aromatic hydroxyl groups is 1. The summed E-state index contributed by atoms with van der Waals surface area (Å²) in [6.45, 7) is 3.16. The van der Waals surface area contributed by atoms with Gasteiger partial charge in [-0.3, -0.25) is 62.3 Å². The molecule has 6 aliphatic rings. The van der Waals surface area contributed by atoms with Crippen LogP contribution in [0.25, 0.3) is 33.4 Å². The van der Waals surface area contributed by atoms with Gasteiger partial charge >= 0.3 is 5.97 Å². The number of anilines is 8. The number of nitrogens with two attached hydrogens (primary N) is 4. The topological polar surface area (TPSA) is 593 Å². The van der Waals surface area contributed by atoms with Crippen molar-refractivity contribution >= 4 is 134 Å². The molecule has 21 N–H and O–H groups in total. The maximum Gasteiger partial charge on any atom is 0.336 e. The maximum absolute atomic E-state index is 14.5. The quantitative estimate of drug-likeness (QED) is 0.0244. The highest BCUT2D eigenvalue weighted by molar-refractivity contribution is 6.10. The van der Waals surface area contributed by atoms with Gasteiger partial charge in [0.1, 0.15) is 59.9 Å². The number of nitrogens with zero attached hydrogens (tertiary/aromatic N) is 5. The average molecular weight is 1750 g/mol.